The molecule has 0 radical (unpaired) electrons. The highest BCUT2D eigenvalue weighted by Crippen LogP contribution is 2.33. The van der Waals surface area contributed by atoms with Crippen LogP contribution in [0.15, 0.2) is 0 Å². The number of nitrogens with zero attached hydrogens (tertiary/aromatic N) is 1. The number of rotatable bonds is 3. The minimum Gasteiger partial charge on any atom is -0.479 e. The minimum atomic E-state index is -0.987. The Bertz CT molecular complexity index is 275. The summed E-state index contributed by atoms with van der Waals surface area (Å²) >= 11 is 0. The zero-order chi connectivity index (χ0) is 10.8. The molecule has 84 valence electrons. The maximum absolute atomic E-state index is 11.7. The van der Waals surface area contributed by atoms with Crippen molar-refractivity contribution < 1.29 is 19.4 Å². The highest BCUT2D eigenvalue weighted by molar-refractivity contribution is 5.79. The zero-order valence-electron chi connectivity index (χ0n) is 8.52. The summed E-state index contributed by atoms with van der Waals surface area (Å²) in [5.41, 5.74) is 0. The van der Waals surface area contributed by atoms with Crippen molar-refractivity contribution in [2.75, 3.05) is 19.7 Å². The van der Waals surface area contributed by atoms with Gasteiger partial charge in [0.25, 0.3) is 0 Å². The summed E-state index contributed by atoms with van der Waals surface area (Å²) in [6.45, 7) is 1.05. The molecule has 0 spiro atoms. The number of carboxylic acids is 1. The molecule has 1 atom stereocenters. The molecule has 1 aliphatic heterocycles. The lowest BCUT2D eigenvalue weighted by Gasteiger charge is -2.30. The summed E-state index contributed by atoms with van der Waals surface area (Å²) in [6.07, 6.45) is 2.00. The Balaban J connectivity index is 1.85. The van der Waals surface area contributed by atoms with E-state index in [9.17, 15) is 9.59 Å². The summed E-state index contributed by atoms with van der Waals surface area (Å²) < 4.78 is 5.05. The molecule has 0 aromatic heterocycles. The molecule has 5 nitrogen and oxygen atoms in total. The van der Waals surface area contributed by atoms with Gasteiger partial charge < -0.3 is 14.7 Å². The van der Waals surface area contributed by atoms with E-state index in [1.165, 1.54) is 0 Å². The van der Waals surface area contributed by atoms with Gasteiger partial charge in [-0.15, -0.1) is 0 Å². The fraction of sp³-hybridized carbons (Fsp3) is 0.800. The highest BCUT2D eigenvalue weighted by Gasteiger charge is 2.32. The fourth-order valence-corrected chi connectivity index (χ4v) is 1.72. The predicted molar refractivity (Wildman–Crippen MR) is 51.3 cm³/mol. The van der Waals surface area contributed by atoms with Crippen LogP contribution < -0.4 is 0 Å². The van der Waals surface area contributed by atoms with Crippen molar-refractivity contribution in [2.45, 2.75) is 25.4 Å². The van der Waals surface area contributed by atoms with Crippen LogP contribution in [0.2, 0.25) is 0 Å². The van der Waals surface area contributed by atoms with Crippen molar-refractivity contribution in [3.8, 4) is 0 Å². The molecule has 2 aliphatic rings. The molecule has 2 rings (SSSR count). The van der Waals surface area contributed by atoms with Gasteiger partial charge in [0, 0.05) is 13.0 Å². The predicted octanol–water partition coefficient (Wildman–Crippen LogP) is 0.0985. The second-order valence-electron chi connectivity index (χ2n) is 4.18. The van der Waals surface area contributed by atoms with Crippen molar-refractivity contribution in [1.82, 2.24) is 4.90 Å². The number of carbonyl (C=O) groups is 2. The van der Waals surface area contributed by atoms with Gasteiger partial charge in [-0.05, 0) is 18.8 Å². The number of aliphatic carboxylic acids is 1. The van der Waals surface area contributed by atoms with Crippen LogP contribution in [0.5, 0.6) is 0 Å². The van der Waals surface area contributed by atoms with Gasteiger partial charge in [-0.2, -0.15) is 0 Å². The third kappa shape index (κ3) is 2.68. The molecule has 0 bridgehead atoms. The van der Waals surface area contributed by atoms with Crippen LogP contribution in [-0.2, 0) is 14.3 Å². The summed E-state index contributed by atoms with van der Waals surface area (Å²) in [6, 6.07) is 0. The first-order valence-corrected chi connectivity index (χ1v) is 5.29. The SMILES string of the molecule is O=C(O)C1CN(C(=O)CC2CC2)CCO1. The quantitative estimate of drug-likeness (QED) is 0.722. The van der Waals surface area contributed by atoms with Crippen LogP contribution in [0.3, 0.4) is 0 Å². The Morgan fingerprint density at radius 2 is 2.13 bits per heavy atom. The number of carboxylic acid groups (broad SMARTS) is 1. The number of hydrogen-bond acceptors (Lipinski definition) is 3. The van der Waals surface area contributed by atoms with Crippen LogP contribution in [0.25, 0.3) is 0 Å². The number of hydrogen-bond donors (Lipinski definition) is 1. The third-order valence-electron chi connectivity index (χ3n) is 2.85. The standard InChI is InChI=1S/C10H15NO4/c12-9(5-7-1-2-7)11-3-4-15-8(6-11)10(13)14/h7-8H,1-6H2,(H,13,14). The maximum Gasteiger partial charge on any atom is 0.334 e. The molecule has 1 saturated carbocycles. The number of amides is 1. The Hall–Kier alpha value is -1.10. The largest absolute Gasteiger partial charge is 0.479 e. The van der Waals surface area contributed by atoms with E-state index in [0.29, 0.717) is 25.5 Å². The number of ether oxygens (including phenoxy) is 1. The molecule has 1 heterocycles. The summed E-state index contributed by atoms with van der Waals surface area (Å²) in [7, 11) is 0. The van der Waals surface area contributed by atoms with Crippen molar-refractivity contribution >= 4 is 11.9 Å². The third-order valence-corrected chi connectivity index (χ3v) is 2.85. The molecule has 1 amide bonds. The van der Waals surface area contributed by atoms with Gasteiger partial charge in [0.15, 0.2) is 6.10 Å². The Morgan fingerprint density at radius 1 is 1.40 bits per heavy atom. The minimum absolute atomic E-state index is 0.0760. The molecule has 1 aliphatic carbocycles. The summed E-state index contributed by atoms with van der Waals surface area (Å²) in [4.78, 5) is 24.0. The molecule has 0 aromatic rings. The highest BCUT2D eigenvalue weighted by atomic mass is 16.5. The second kappa shape index (κ2) is 4.18. The van der Waals surface area contributed by atoms with Crippen molar-refractivity contribution in [2.24, 2.45) is 5.92 Å². The van der Waals surface area contributed by atoms with Crippen molar-refractivity contribution in [3.63, 3.8) is 0 Å². The topological polar surface area (TPSA) is 66.8 Å². The lowest BCUT2D eigenvalue weighted by atomic mass is 10.2. The molecule has 1 saturated heterocycles. The maximum atomic E-state index is 11.7. The second-order valence-corrected chi connectivity index (χ2v) is 4.18. The van der Waals surface area contributed by atoms with Gasteiger partial charge in [-0.1, -0.05) is 0 Å². The van der Waals surface area contributed by atoms with E-state index in [2.05, 4.69) is 0 Å². The van der Waals surface area contributed by atoms with Crippen LogP contribution in [-0.4, -0.2) is 47.7 Å². The average molecular weight is 213 g/mol. The monoisotopic (exact) mass is 213 g/mol. The Morgan fingerprint density at radius 3 is 2.73 bits per heavy atom. The normalized spacial score (nSPS) is 26.4. The molecule has 2 fully saturated rings. The van der Waals surface area contributed by atoms with E-state index in [1.807, 2.05) is 0 Å². The van der Waals surface area contributed by atoms with Crippen LogP contribution in [0.1, 0.15) is 19.3 Å². The summed E-state index contributed by atoms with van der Waals surface area (Å²) in [5, 5.41) is 8.77. The smallest absolute Gasteiger partial charge is 0.334 e. The van der Waals surface area contributed by atoms with Crippen molar-refractivity contribution in [3.05, 3.63) is 0 Å². The van der Waals surface area contributed by atoms with E-state index >= 15 is 0 Å². The molecule has 15 heavy (non-hydrogen) atoms. The van der Waals surface area contributed by atoms with Gasteiger partial charge in [0.05, 0.1) is 13.2 Å². The zero-order valence-corrected chi connectivity index (χ0v) is 8.52. The number of carbonyl (C=O) groups excluding carboxylic acids is 1. The Kier molecular flexibility index (Phi) is 2.90. The van der Waals surface area contributed by atoms with Gasteiger partial charge in [0.1, 0.15) is 0 Å². The van der Waals surface area contributed by atoms with E-state index < -0.39 is 12.1 Å². The van der Waals surface area contributed by atoms with E-state index in [0.717, 1.165) is 12.8 Å². The van der Waals surface area contributed by atoms with Gasteiger partial charge >= 0.3 is 5.97 Å². The van der Waals surface area contributed by atoms with Crippen molar-refractivity contribution in [1.29, 1.82) is 0 Å². The molecule has 5 heteroatoms. The van der Waals surface area contributed by atoms with Gasteiger partial charge in [0.2, 0.25) is 5.91 Å². The molecule has 0 aromatic carbocycles. The molecular weight excluding hydrogens is 198 g/mol. The van der Waals surface area contributed by atoms with Gasteiger partial charge in [-0.25, -0.2) is 4.79 Å². The van der Waals surface area contributed by atoms with Crippen LogP contribution in [0, 0.1) is 5.92 Å². The van der Waals surface area contributed by atoms with Crippen LogP contribution >= 0.6 is 0 Å². The molecular formula is C10H15NO4. The average Bonchev–Trinajstić information content (AvgIpc) is 3.02. The Labute approximate surface area is 88.0 Å². The molecule has 1 unspecified atom stereocenters. The van der Waals surface area contributed by atoms with Crippen LogP contribution in [0.4, 0.5) is 0 Å². The van der Waals surface area contributed by atoms with Gasteiger partial charge in [-0.3, -0.25) is 4.79 Å². The summed E-state index contributed by atoms with van der Waals surface area (Å²) in [5.74, 6) is -0.366. The molecule has 1 N–H and O–H groups in total. The van der Waals surface area contributed by atoms with E-state index in [4.69, 9.17) is 9.84 Å². The first kappa shape index (κ1) is 10.4. The first-order valence-electron chi connectivity index (χ1n) is 5.29. The first-order chi connectivity index (χ1) is 7.16. The fourth-order valence-electron chi connectivity index (χ4n) is 1.72. The van der Waals surface area contributed by atoms with E-state index in [-0.39, 0.29) is 12.5 Å². The van der Waals surface area contributed by atoms with E-state index in [1.54, 1.807) is 4.90 Å². The lowest BCUT2D eigenvalue weighted by Crippen LogP contribution is -2.48. The number of morpholine rings is 1. The lowest BCUT2D eigenvalue weighted by molar-refractivity contribution is -0.159.